The second kappa shape index (κ2) is 31.1. The van der Waals surface area contributed by atoms with E-state index in [1.807, 2.05) is 0 Å². The van der Waals surface area contributed by atoms with Crippen LogP contribution in [0.4, 0.5) is 0 Å². The quantitative estimate of drug-likeness (QED) is 0.103. The number of aromatic nitrogens is 4. The lowest BCUT2D eigenvalue weighted by Crippen LogP contribution is -1.97. The fourth-order valence-corrected chi connectivity index (χ4v) is 19.0. The minimum atomic E-state index is 1.15. The smallest absolute Gasteiger partial charge is 0.0541 e. The monoisotopic (exact) mass is 1580 g/mol. The van der Waals surface area contributed by atoms with Gasteiger partial charge in [0, 0.05) is 65.7 Å². The molecule has 4 heteroatoms. The lowest BCUT2D eigenvalue weighted by Gasteiger charge is -2.14. The summed E-state index contributed by atoms with van der Waals surface area (Å²) in [5.41, 5.74) is 38.5. The van der Waals surface area contributed by atoms with Gasteiger partial charge in [-0.25, -0.2) is 0 Å². The van der Waals surface area contributed by atoms with E-state index in [0.717, 1.165) is 17.1 Å². The highest BCUT2D eigenvalue weighted by atomic mass is 15.0. The molecule has 0 spiro atoms. The van der Waals surface area contributed by atoms with Gasteiger partial charge in [-0.3, -0.25) is 0 Å². The molecule has 4 nitrogen and oxygen atoms in total. The Hall–Kier alpha value is -16.4. The first kappa shape index (κ1) is 72.8. The highest BCUT2D eigenvalue weighted by Gasteiger charge is 2.22. The molecule has 4 aromatic heterocycles. The molecular formula is C120H80N4. The zero-order valence-electron chi connectivity index (χ0n) is 68.0. The Labute approximate surface area is 719 Å². The third-order valence-corrected chi connectivity index (χ3v) is 25.1. The Kier molecular flexibility index (Phi) is 18.2. The zero-order chi connectivity index (χ0) is 82.0. The summed E-state index contributed by atoms with van der Waals surface area (Å²) in [5.74, 6) is 0. The highest BCUT2D eigenvalue weighted by molar-refractivity contribution is 6.15. The molecule has 0 aliphatic rings. The summed E-state index contributed by atoms with van der Waals surface area (Å²) in [5, 5.41) is 9.96. The van der Waals surface area contributed by atoms with Gasteiger partial charge in [-0.05, 0) is 227 Å². The number of rotatable bonds is 14. The van der Waals surface area contributed by atoms with E-state index in [9.17, 15) is 0 Å². The molecule has 24 aromatic rings. The molecule has 0 unspecified atom stereocenters. The third kappa shape index (κ3) is 13.1. The van der Waals surface area contributed by atoms with E-state index >= 15 is 0 Å². The molecule has 0 atom stereocenters. The van der Waals surface area contributed by atoms with Crippen LogP contribution >= 0.6 is 0 Å². The van der Waals surface area contributed by atoms with Crippen LogP contribution in [-0.4, -0.2) is 18.3 Å². The standard InChI is InChI=1S/2C60H40N2/c1-3-13-41(14-4-1)43-23-25-45(26-24-43)46-31-35-50(36-32-46)61-57-21-11-8-18-52(57)54-39-48(33-37-59(54)61)49-34-38-60-55(40-49)53-19-9-12-22-58(53)62(60)56-20-10-7-17-51(56)47-29-27-44(28-30-47)42-15-5-2-6-16-42;1-3-12-41(13-4-1)43-22-24-44(25-23-43)45-26-32-51(33-27-45)61-57-20-9-7-18-53(57)55-39-49(30-36-59(55)61)50-31-37-60-56(40-50)54-19-8-10-21-58(54)62(60)52-34-28-46(29-35-52)48-17-11-16-47(38-48)42-14-5-2-6-15-42/h2*1-40H. The molecular weight excluding hydrogens is 1500 g/mol. The predicted molar refractivity (Wildman–Crippen MR) is 525 cm³/mol. The van der Waals surface area contributed by atoms with Crippen LogP contribution in [0, 0.1) is 0 Å². The molecule has 0 amide bonds. The Balaban J connectivity index is 0.000000143. The van der Waals surface area contributed by atoms with Crippen molar-refractivity contribution in [2.75, 3.05) is 0 Å². The van der Waals surface area contributed by atoms with Crippen molar-refractivity contribution in [3.05, 3.63) is 485 Å². The van der Waals surface area contributed by atoms with Gasteiger partial charge >= 0.3 is 0 Å². The number of nitrogens with zero attached hydrogens (tertiary/aromatic N) is 4. The van der Waals surface area contributed by atoms with Gasteiger partial charge < -0.3 is 18.3 Å². The Bertz CT molecular complexity index is 8120. The topological polar surface area (TPSA) is 19.7 Å². The minimum Gasteiger partial charge on any atom is -0.309 e. The van der Waals surface area contributed by atoms with E-state index in [4.69, 9.17) is 0 Å². The Morgan fingerprint density at radius 3 is 0.613 bits per heavy atom. The maximum Gasteiger partial charge on any atom is 0.0541 e. The summed E-state index contributed by atoms with van der Waals surface area (Å²) in [7, 11) is 0. The molecule has 0 fully saturated rings. The molecule has 0 saturated heterocycles. The van der Waals surface area contributed by atoms with Crippen LogP contribution in [0.5, 0.6) is 0 Å². The highest BCUT2D eigenvalue weighted by Crippen LogP contribution is 2.44. The summed E-state index contributed by atoms with van der Waals surface area (Å²) >= 11 is 0. The van der Waals surface area contributed by atoms with Crippen LogP contribution in [0.15, 0.2) is 485 Å². The van der Waals surface area contributed by atoms with Crippen molar-refractivity contribution >= 4 is 87.2 Å². The van der Waals surface area contributed by atoms with Crippen molar-refractivity contribution in [3.63, 3.8) is 0 Å². The number of hydrogen-bond donors (Lipinski definition) is 0. The number of hydrogen-bond acceptors (Lipinski definition) is 0. The van der Waals surface area contributed by atoms with Crippen LogP contribution in [0.1, 0.15) is 0 Å². The molecule has 24 rings (SSSR count). The normalized spacial score (nSPS) is 11.5. The summed E-state index contributed by atoms with van der Waals surface area (Å²) in [4.78, 5) is 0. The Morgan fingerprint density at radius 2 is 0.298 bits per heavy atom. The first-order valence-corrected chi connectivity index (χ1v) is 42.7. The molecule has 4 heterocycles. The molecule has 0 saturated carbocycles. The maximum absolute atomic E-state index is 2.44. The van der Waals surface area contributed by atoms with E-state index in [-0.39, 0.29) is 0 Å². The Morgan fingerprint density at radius 1 is 0.105 bits per heavy atom. The fourth-order valence-electron chi connectivity index (χ4n) is 19.0. The lowest BCUT2D eigenvalue weighted by atomic mass is 9.99. The number of para-hydroxylation sites is 5. The van der Waals surface area contributed by atoms with Crippen molar-refractivity contribution < 1.29 is 0 Å². The van der Waals surface area contributed by atoms with Crippen LogP contribution in [0.2, 0.25) is 0 Å². The average molecular weight is 1580 g/mol. The van der Waals surface area contributed by atoms with E-state index in [2.05, 4.69) is 504 Å². The molecule has 0 radical (unpaired) electrons. The first-order valence-electron chi connectivity index (χ1n) is 42.7. The van der Waals surface area contributed by atoms with E-state index in [1.165, 1.54) is 204 Å². The minimum absolute atomic E-state index is 1.15. The molecule has 0 bridgehead atoms. The van der Waals surface area contributed by atoms with Crippen LogP contribution in [0.3, 0.4) is 0 Å². The van der Waals surface area contributed by atoms with Crippen LogP contribution < -0.4 is 0 Å². The van der Waals surface area contributed by atoms with Crippen molar-refractivity contribution in [1.82, 2.24) is 18.3 Å². The van der Waals surface area contributed by atoms with Gasteiger partial charge in [0.1, 0.15) is 0 Å². The first-order chi connectivity index (χ1) is 61.5. The molecule has 124 heavy (non-hydrogen) atoms. The van der Waals surface area contributed by atoms with Crippen LogP contribution in [0.25, 0.3) is 221 Å². The SMILES string of the molecule is c1ccc(-c2ccc(-c3ccc(-n4c5ccccc5c5cc(-c6ccc7c(c6)c6ccccc6n7-c6ccc(-c7cccc(-c8ccccc8)c7)cc6)ccc54)cc3)cc2)cc1.c1ccc(-c2ccc(-c3ccc(-n4c5ccccc5c5cc(-c6ccc7c(c6)c6ccccc6n7-c6ccccc6-c6ccc(-c7ccccc7)cc6)ccc54)cc3)cc2)cc1. The summed E-state index contributed by atoms with van der Waals surface area (Å²) < 4.78 is 9.65. The lowest BCUT2D eigenvalue weighted by molar-refractivity contribution is 1.18. The van der Waals surface area contributed by atoms with Gasteiger partial charge in [0.05, 0.1) is 49.8 Å². The summed E-state index contributed by atoms with van der Waals surface area (Å²) in [6.07, 6.45) is 0. The van der Waals surface area contributed by atoms with Crippen molar-refractivity contribution in [1.29, 1.82) is 0 Å². The van der Waals surface area contributed by atoms with E-state index in [1.54, 1.807) is 0 Å². The third-order valence-electron chi connectivity index (χ3n) is 25.1. The predicted octanol–water partition coefficient (Wildman–Crippen LogP) is 32.4. The summed E-state index contributed by atoms with van der Waals surface area (Å²) in [6, 6.07) is 177. The van der Waals surface area contributed by atoms with Gasteiger partial charge in [0.15, 0.2) is 0 Å². The maximum atomic E-state index is 2.44. The van der Waals surface area contributed by atoms with Crippen molar-refractivity contribution in [3.8, 4) is 134 Å². The second-order valence-corrected chi connectivity index (χ2v) is 32.3. The fraction of sp³-hybridized carbons (Fsp3) is 0. The van der Waals surface area contributed by atoms with Gasteiger partial charge in [-0.15, -0.1) is 0 Å². The zero-order valence-corrected chi connectivity index (χ0v) is 68.0. The van der Waals surface area contributed by atoms with Gasteiger partial charge in [0.25, 0.3) is 0 Å². The van der Waals surface area contributed by atoms with E-state index < -0.39 is 0 Å². The number of fused-ring (bicyclic) bond motifs is 12. The van der Waals surface area contributed by atoms with Gasteiger partial charge in [-0.2, -0.15) is 0 Å². The van der Waals surface area contributed by atoms with Crippen molar-refractivity contribution in [2.24, 2.45) is 0 Å². The summed E-state index contributed by atoms with van der Waals surface area (Å²) in [6.45, 7) is 0. The van der Waals surface area contributed by atoms with Gasteiger partial charge in [0.2, 0.25) is 0 Å². The molecule has 0 aliphatic carbocycles. The molecule has 0 aliphatic heterocycles. The second-order valence-electron chi connectivity index (χ2n) is 32.3. The largest absolute Gasteiger partial charge is 0.309 e. The molecule has 20 aromatic carbocycles. The number of benzene rings is 20. The molecule has 580 valence electrons. The van der Waals surface area contributed by atoms with E-state index in [0.29, 0.717) is 0 Å². The average Bonchev–Trinajstić information content (AvgIpc) is 1.57. The van der Waals surface area contributed by atoms with Gasteiger partial charge in [-0.1, -0.05) is 364 Å². The van der Waals surface area contributed by atoms with Crippen LogP contribution in [-0.2, 0) is 0 Å². The molecule has 0 N–H and O–H groups in total. The van der Waals surface area contributed by atoms with Crippen molar-refractivity contribution in [2.45, 2.75) is 0 Å².